The van der Waals surface area contributed by atoms with E-state index in [1.165, 1.54) is 0 Å². The first-order chi connectivity index (χ1) is 11.0. The maximum Gasteiger partial charge on any atom is 0.239 e. The van der Waals surface area contributed by atoms with Crippen molar-refractivity contribution in [2.75, 3.05) is 19.7 Å². The number of amides is 2. The zero-order chi connectivity index (χ0) is 16.8. The molecule has 0 aromatic heterocycles. The maximum absolute atomic E-state index is 11.8. The third-order valence-corrected chi connectivity index (χ3v) is 3.49. The summed E-state index contributed by atoms with van der Waals surface area (Å²) in [5, 5.41) is 5.17. The maximum atomic E-state index is 11.8. The second-order valence-electron chi connectivity index (χ2n) is 5.39. The van der Waals surface area contributed by atoms with Gasteiger partial charge in [0.2, 0.25) is 11.8 Å². The predicted octanol–water partition coefficient (Wildman–Crippen LogP) is 0.522. The Bertz CT molecular complexity index is 595. The summed E-state index contributed by atoms with van der Waals surface area (Å²) in [5.74, 6) is 0.927. The highest BCUT2D eigenvalue weighted by Gasteiger charge is 2.22. The molecule has 0 bridgehead atoms. The van der Waals surface area contributed by atoms with Gasteiger partial charge in [0.05, 0.1) is 19.7 Å². The minimum atomic E-state index is -0.366. The number of benzene rings is 1. The second-order valence-corrected chi connectivity index (χ2v) is 5.39. The highest BCUT2D eigenvalue weighted by atomic mass is 35.5. The molecule has 2 amide bonds. The summed E-state index contributed by atoms with van der Waals surface area (Å²) in [4.78, 5) is 22.8. The van der Waals surface area contributed by atoms with Crippen LogP contribution in [0.25, 0.3) is 0 Å². The lowest BCUT2D eigenvalue weighted by molar-refractivity contribution is -0.125. The standard InChI is InChI=1S/C16H23N3O4.ClH/c1-3-22-13-5-11-4-10(2)23-14(11)6-12(13)8-18-16(21)9-19-15(20)7-17;/h5-6,10H,3-4,7-9,17H2,1-2H3,(H,18,21)(H,19,20);1H. The van der Waals surface area contributed by atoms with Gasteiger partial charge >= 0.3 is 0 Å². The molecule has 134 valence electrons. The highest BCUT2D eigenvalue weighted by Crippen LogP contribution is 2.35. The molecule has 7 nitrogen and oxygen atoms in total. The second kappa shape index (κ2) is 9.34. The van der Waals surface area contributed by atoms with Crippen LogP contribution in [0.3, 0.4) is 0 Å². The quantitative estimate of drug-likeness (QED) is 0.660. The van der Waals surface area contributed by atoms with Gasteiger partial charge in [-0.15, -0.1) is 12.4 Å². The van der Waals surface area contributed by atoms with Crippen molar-refractivity contribution in [2.45, 2.75) is 32.9 Å². The van der Waals surface area contributed by atoms with Crippen LogP contribution in [0, 0.1) is 0 Å². The summed E-state index contributed by atoms with van der Waals surface area (Å²) in [7, 11) is 0. The Hall–Kier alpha value is -1.99. The molecule has 24 heavy (non-hydrogen) atoms. The summed E-state index contributed by atoms with van der Waals surface area (Å²) < 4.78 is 11.4. The van der Waals surface area contributed by atoms with Gasteiger partial charge < -0.3 is 25.8 Å². The number of rotatable bonds is 7. The zero-order valence-electron chi connectivity index (χ0n) is 13.9. The van der Waals surface area contributed by atoms with E-state index in [0.717, 1.165) is 29.0 Å². The molecule has 1 heterocycles. The molecule has 2 rings (SSSR count). The van der Waals surface area contributed by atoms with E-state index in [-0.39, 0.29) is 43.4 Å². The molecule has 1 aromatic carbocycles. The minimum absolute atomic E-state index is 0. The molecule has 1 unspecified atom stereocenters. The summed E-state index contributed by atoms with van der Waals surface area (Å²) in [5.41, 5.74) is 7.13. The number of carbonyl (C=O) groups is 2. The SMILES string of the molecule is CCOc1cc2c(cc1CNC(=O)CNC(=O)CN)OC(C)C2.Cl. The molecular weight excluding hydrogens is 334 g/mol. The van der Waals surface area contributed by atoms with Crippen molar-refractivity contribution in [3.8, 4) is 11.5 Å². The molecule has 8 heteroatoms. The van der Waals surface area contributed by atoms with Crippen LogP contribution in [-0.2, 0) is 22.6 Å². The molecule has 4 N–H and O–H groups in total. The number of nitrogens with one attached hydrogen (secondary N) is 2. The summed E-state index contributed by atoms with van der Waals surface area (Å²) >= 11 is 0. The Morgan fingerprint density at radius 2 is 2.08 bits per heavy atom. The van der Waals surface area contributed by atoms with Gasteiger partial charge in [0.1, 0.15) is 17.6 Å². The van der Waals surface area contributed by atoms with Crippen LogP contribution in [0.5, 0.6) is 11.5 Å². The van der Waals surface area contributed by atoms with E-state index in [1.807, 2.05) is 26.0 Å². The van der Waals surface area contributed by atoms with Crippen LogP contribution in [0.2, 0.25) is 0 Å². The molecule has 0 aliphatic carbocycles. The van der Waals surface area contributed by atoms with Crippen LogP contribution in [0.4, 0.5) is 0 Å². The molecule has 1 aromatic rings. The highest BCUT2D eigenvalue weighted by molar-refractivity contribution is 5.85. The first-order valence-corrected chi connectivity index (χ1v) is 7.72. The lowest BCUT2D eigenvalue weighted by Crippen LogP contribution is -2.39. The number of ether oxygens (including phenoxy) is 2. The monoisotopic (exact) mass is 357 g/mol. The number of nitrogens with two attached hydrogens (primary N) is 1. The first kappa shape index (κ1) is 20.1. The first-order valence-electron chi connectivity index (χ1n) is 7.72. The number of halogens is 1. The average molecular weight is 358 g/mol. The smallest absolute Gasteiger partial charge is 0.239 e. The summed E-state index contributed by atoms with van der Waals surface area (Å²) in [6, 6.07) is 3.88. The average Bonchev–Trinajstić information content (AvgIpc) is 2.89. The van der Waals surface area contributed by atoms with Gasteiger partial charge in [-0.05, 0) is 26.0 Å². The molecule has 1 aliphatic rings. The van der Waals surface area contributed by atoms with E-state index in [4.69, 9.17) is 15.2 Å². The molecule has 1 atom stereocenters. The fourth-order valence-electron chi connectivity index (χ4n) is 2.42. The number of carbonyl (C=O) groups excluding carboxylic acids is 2. The predicted molar refractivity (Wildman–Crippen MR) is 92.6 cm³/mol. The Morgan fingerprint density at radius 1 is 1.33 bits per heavy atom. The van der Waals surface area contributed by atoms with Crippen LogP contribution in [0.1, 0.15) is 25.0 Å². The number of fused-ring (bicyclic) bond motifs is 1. The van der Waals surface area contributed by atoms with Crippen molar-refractivity contribution in [1.82, 2.24) is 10.6 Å². The topological polar surface area (TPSA) is 103 Å². The van der Waals surface area contributed by atoms with Crippen LogP contribution in [-0.4, -0.2) is 37.6 Å². The summed E-state index contributed by atoms with van der Waals surface area (Å²) in [6.07, 6.45) is 1.00. The third-order valence-electron chi connectivity index (χ3n) is 3.49. The van der Waals surface area contributed by atoms with E-state index in [1.54, 1.807) is 0 Å². The Morgan fingerprint density at radius 3 is 2.75 bits per heavy atom. The fourth-order valence-corrected chi connectivity index (χ4v) is 2.42. The van der Waals surface area contributed by atoms with Crippen molar-refractivity contribution < 1.29 is 19.1 Å². The zero-order valence-corrected chi connectivity index (χ0v) is 14.7. The lowest BCUT2D eigenvalue weighted by atomic mass is 10.1. The van der Waals surface area contributed by atoms with Gasteiger partial charge in [-0.25, -0.2) is 0 Å². The molecule has 0 saturated carbocycles. The summed E-state index contributed by atoms with van der Waals surface area (Å²) in [6.45, 7) is 4.54. The van der Waals surface area contributed by atoms with E-state index in [9.17, 15) is 9.59 Å². The third kappa shape index (κ3) is 5.28. The van der Waals surface area contributed by atoms with E-state index >= 15 is 0 Å². The van der Waals surface area contributed by atoms with Gasteiger partial charge in [-0.3, -0.25) is 9.59 Å². The van der Waals surface area contributed by atoms with Crippen molar-refractivity contribution in [2.24, 2.45) is 5.73 Å². The molecule has 0 saturated heterocycles. The molecule has 0 fully saturated rings. The van der Waals surface area contributed by atoms with Crippen LogP contribution < -0.4 is 25.8 Å². The largest absolute Gasteiger partial charge is 0.494 e. The Balaban J connectivity index is 0.00000288. The number of hydrogen-bond acceptors (Lipinski definition) is 5. The minimum Gasteiger partial charge on any atom is -0.494 e. The van der Waals surface area contributed by atoms with Crippen LogP contribution >= 0.6 is 12.4 Å². The fraction of sp³-hybridized carbons (Fsp3) is 0.500. The van der Waals surface area contributed by atoms with E-state index < -0.39 is 0 Å². The van der Waals surface area contributed by atoms with Gasteiger partial charge in [-0.1, -0.05) is 0 Å². The lowest BCUT2D eigenvalue weighted by Gasteiger charge is -2.13. The Kier molecular flexibility index (Phi) is 7.81. The van der Waals surface area contributed by atoms with Gasteiger partial charge in [0.25, 0.3) is 0 Å². The van der Waals surface area contributed by atoms with Crippen molar-refractivity contribution in [3.05, 3.63) is 23.3 Å². The van der Waals surface area contributed by atoms with Gasteiger partial charge in [0.15, 0.2) is 0 Å². The number of hydrogen-bond donors (Lipinski definition) is 3. The molecular formula is C16H24ClN3O4. The van der Waals surface area contributed by atoms with Gasteiger partial charge in [0, 0.05) is 24.1 Å². The van der Waals surface area contributed by atoms with Crippen LogP contribution in [0.15, 0.2) is 12.1 Å². The molecule has 0 spiro atoms. The normalized spacial score (nSPS) is 14.9. The van der Waals surface area contributed by atoms with Crippen molar-refractivity contribution >= 4 is 24.2 Å². The van der Waals surface area contributed by atoms with Gasteiger partial charge in [-0.2, -0.15) is 0 Å². The van der Waals surface area contributed by atoms with E-state index in [2.05, 4.69) is 10.6 Å². The van der Waals surface area contributed by atoms with Crippen molar-refractivity contribution in [1.29, 1.82) is 0 Å². The Labute approximate surface area is 147 Å². The molecule has 1 aliphatic heterocycles. The van der Waals surface area contributed by atoms with Crippen molar-refractivity contribution in [3.63, 3.8) is 0 Å². The molecule has 0 radical (unpaired) electrons. The van der Waals surface area contributed by atoms with E-state index in [0.29, 0.717) is 13.2 Å².